The second-order valence-electron chi connectivity index (χ2n) is 6.40. The van der Waals surface area contributed by atoms with E-state index < -0.39 is 0 Å². The summed E-state index contributed by atoms with van der Waals surface area (Å²) in [6.07, 6.45) is 0.490. The first-order chi connectivity index (χ1) is 8.59. The molecule has 0 aromatic carbocycles. The van der Waals surface area contributed by atoms with Crippen LogP contribution in [0.2, 0.25) is 0 Å². The third kappa shape index (κ3) is 4.42. The van der Waals surface area contributed by atoms with Crippen molar-refractivity contribution in [3.63, 3.8) is 0 Å². The monoisotopic (exact) mass is 285 g/mol. The Labute approximate surface area is 122 Å². The van der Waals surface area contributed by atoms with Crippen LogP contribution in [0.1, 0.15) is 61.8 Å². The predicted molar refractivity (Wildman–Crippen MR) is 86.9 cm³/mol. The molecule has 0 aliphatic heterocycles. The Morgan fingerprint density at radius 2 is 1.11 bits per heavy atom. The van der Waals surface area contributed by atoms with Crippen molar-refractivity contribution >= 4 is 9.24 Å². The minimum atomic E-state index is -0.306. The van der Waals surface area contributed by atoms with E-state index in [1.54, 1.807) is 0 Å². The molecule has 0 aromatic heterocycles. The number of rotatable bonds is 7. The van der Waals surface area contributed by atoms with Gasteiger partial charge >= 0.3 is 0 Å². The summed E-state index contributed by atoms with van der Waals surface area (Å²) < 4.78 is 0. The van der Waals surface area contributed by atoms with Gasteiger partial charge in [-0.05, 0) is 55.4 Å². The number of nitriles is 1. The van der Waals surface area contributed by atoms with Crippen molar-refractivity contribution in [2.75, 3.05) is 0 Å². The van der Waals surface area contributed by atoms with Gasteiger partial charge in [0.05, 0.1) is 12.5 Å². The van der Waals surface area contributed by atoms with Gasteiger partial charge in [0.2, 0.25) is 0 Å². The quantitative estimate of drug-likeness (QED) is 0.528. The highest BCUT2D eigenvalue weighted by atomic mass is 31.0. The zero-order chi connectivity index (χ0) is 15.4. The first kappa shape index (κ1) is 18.8. The molecule has 0 N–H and O–H groups in total. The molecule has 0 aliphatic carbocycles. The standard InChI is InChI=1S/C15H32N3P/c1-11(2)17(12(3)4)15(19,9-10-16)18(13(5)6)14(7)8/h11-14H,9,19H2,1-8H3. The molecule has 112 valence electrons. The number of hydrogen-bond acceptors (Lipinski definition) is 3. The second-order valence-corrected chi connectivity index (χ2v) is 7.33. The molecule has 1 unspecified atom stereocenters. The highest BCUT2D eigenvalue weighted by Crippen LogP contribution is 2.38. The third-order valence-corrected chi connectivity index (χ3v) is 4.26. The molecule has 0 radical (unpaired) electrons. The highest BCUT2D eigenvalue weighted by Gasteiger charge is 2.43. The number of nitrogens with zero attached hydrogens (tertiary/aromatic N) is 3. The predicted octanol–water partition coefficient (Wildman–Crippen LogP) is 3.67. The average molecular weight is 285 g/mol. The molecule has 0 aromatic rings. The van der Waals surface area contributed by atoms with Crippen molar-refractivity contribution in [3.8, 4) is 6.07 Å². The lowest BCUT2D eigenvalue weighted by molar-refractivity contribution is -0.0582. The molecule has 1 atom stereocenters. The Kier molecular flexibility index (Phi) is 7.51. The van der Waals surface area contributed by atoms with E-state index in [1.807, 2.05) is 0 Å². The van der Waals surface area contributed by atoms with Gasteiger partial charge in [-0.15, -0.1) is 0 Å². The Hall–Kier alpha value is -0.160. The minimum Gasteiger partial charge on any atom is -0.276 e. The molecule has 0 rings (SSSR count). The van der Waals surface area contributed by atoms with E-state index in [2.05, 4.69) is 80.5 Å². The summed E-state index contributed by atoms with van der Waals surface area (Å²) >= 11 is 0. The van der Waals surface area contributed by atoms with Crippen LogP contribution in [0.5, 0.6) is 0 Å². The van der Waals surface area contributed by atoms with Crippen LogP contribution in [0, 0.1) is 11.3 Å². The zero-order valence-electron chi connectivity index (χ0n) is 13.9. The Balaban J connectivity index is 5.73. The van der Waals surface area contributed by atoms with Crippen molar-refractivity contribution in [2.24, 2.45) is 0 Å². The topological polar surface area (TPSA) is 30.3 Å². The summed E-state index contributed by atoms with van der Waals surface area (Å²) in [6.45, 7) is 17.6. The van der Waals surface area contributed by atoms with Gasteiger partial charge in [-0.1, -0.05) is 9.24 Å². The van der Waals surface area contributed by atoms with Gasteiger partial charge in [0.15, 0.2) is 0 Å². The van der Waals surface area contributed by atoms with E-state index in [0.29, 0.717) is 30.6 Å². The van der Waals surface area contributed by atoms with E-state index in [-0.39, 0.29) is 5.40 Å². The Morgan fingerprint density at radius 1 is 0.842 bits per heavy atom. The summed E-state index contributed by atoms with van der Waals surface area (Å²) in [4.78, 5) is 4.86. The smallest absolute Gasteiger partial charge is 0.102 e. The van der Waals surface area contributed by atoms with Crippen molar-refractivity contribution in [1.29, 1.82) is 5.26 Å². The molecular formula is C15H32N3P. The lowest BCUT2D eigenvalue weighted by atomic mass is 10.1. The van der Waals surface area contributed by atoms with Crippen LogP contribution in [0.4, 0.5) is 0 Å². The van der Waals surface area contributed by atoms with Gasteiger partial charge < -0.3 is 0 Å². The fraction of sp³-hybridized carbons (Fsp3) is 0.933. The van der Waals surface area contributed by atoms with Gasteiger partial charge in [0.1, 0.15) is 5.40 Å². The van der Waals surface area contributed by atoms with E-state index >= 15 is 0 Å². The molecule has 19 heavy (non-hydrogen) atoms. The fourth-order valence-corrected chi connectivity index (χ4v) is 4.70. The van der Waals surface area contributed by atoms with E-state index in [4.69, 9.17) is 0 Å². The summed E-state index contributed by atoms with van der Waals surface area (Å²) in [7, 11) is 2.97. The molecule has 0 aliphatic rings. The fourth-order valence-electron chi connectivity index (χ4n) is 3.41. The lowest BCUT2D eigenvalue weighted by Gasteiger charge is -2.54. The maximum atomic E-state index is 9.31. The molecule has 0 heterocycles. The lowest BCUT2D eigenvalue weighted by Crippen LogP contribution is -2.64. The second kappa shape index (κ2) is 7.58. The summed E-state index contributed by atoms with van der Waals surface area (Å²) in [6, 6.07) is 3.96. The summed E-state index contributed by atoms with van der Waals surface area (Å²) in [5, 5.41) is 9.00. The van der Waals surface area contributed by atoms with Crippen LogP contribution in [-0.4, -0.2) is 39.4 Å². The summed E-state index contributed by atoms with van der Waals surface area (Å²) in [5.74, 6) is 0. The first-order valence-corrected chi connectivity index (χ1v) is 7.90. The maximum Gasteiger partial charge on any atom is 0.102 e. The van der Waals surface area contributed by atoms with Crippen molar-refractivity contribution < 1.29 is 0 Å². The van der Waals surface area contributed by atoms with Crippen LogP contribution >= 0.6 is 9.24 Å². The summed E-state index contributed by atoms with van der Waals surface area (Å²) in [5.41, 5.74) is 0. The molecule has 0 bridgehead atoms. The first-order valence-electron chi connectivity index (χ1n) is 7.32. The average Bonchev–Trinajstić information content (AvgIpc) is 2.13. The van der Waals surface area contributed by atoms with E-state index in [9.17, 15) is 5.26 Å². The van der Waals surface area contributed by atoms with Crippen LogP contribution in [-0.2, 0) is 0 Å². The van der Waals surface area contributed by atoms with E-state index in [1.165, 1.54) is 0 Å². The van der Waals surface area contributed by atoms with Crippen molar-refractivity contribution in [3.05, 3.63) is 0 Å². The van der Waals surface area contributed by atoms with Gasteiger partial charge in [0, 0.05) is 24.2 Å². The van der Waals surface area contributed by atoms with Crippen molar-refractivity contribution in [2.45, 2.75) is 91.4 Å². The molecule has 0 fully saturated rings. The molecule has 0 saturated heterocycles. The SMILES string of the molecule is CC(C)N(C(C)C)C(P)(CC#N)N(C(C)C)C(C)C. The molecule has 3 nitrogen and oxygen atoms in total. The van der Waals surface area contributed by atoms with E-state index in [0.717, 1.165) is 0 Å². The van der Waals surface area contributed by atoms with Gasteiger partial charge in [-0.25, -0.2) is 0 Å². The van der Waals surface area contributed by atoms with Crippen LogP contribution < -0.4 is 0 Å². The van der Waals surface area contributed by atoms with Gasteiger partial charge in [0.25, 0.3) is 0 Å². The molecule has 0 amide bonds. The minimum absolute atomic E-state index is 0.306. The normalized spacial score (nSPS) is 13.4. The Bertz CT molecular complexity index is 269. The van der Waals surface area contributed by atoms with Gasteiger partial charge in [-0.2, -0.15) is 5.26 Å². The number of hydrogen-bond donors (Lipinski definition) is 0. The molecule has 0 spiro atoms. The van der Waals surface area contributed by atoms with Crippen LogP contribution in [0.3, 0.4) is 0 Å². The van der Waals surface area contributed by atoms with Crippen LogP contribution in [0.25, 0.3) is 0 Å². The molecule has 0 saturated carbocycles. The maximum absolute atomic E-state index is 9.31. The molecule has 4 heteroatoms. The Morgan fingerprint density at radius 3 is 1.26 bits per heavy atom. The van der Waals surface area contributed by atoms with Crippen molar-refractivity contribution in [1.82, 2.24) is 9.80 Å². The van der Waals surface area contributed by atoms with Crippen LogP contribution in [0.15, 0.2) is 0 Å². The third-order valence-electron chi connectivity index (χ3n) is 3.46. The van der Waals surface area contributed by atoms with Gasteiger partial charge in [-0.3, -0.25) is 9.80 Å². The molecular weight excluding hydrogens is 253 g/mol. The highest BCUT2D eigenvalue weighted by molar-refractivity contribution is 7.18. The largest absolute Gasteiger partial charge is 0.276 e. The zero-order valence-corrected chi connectivity index (χ0v) is 15.1.